The van der Waals surface area contributed by atoms with Gasteiger partial charge < -0.3 is 15.3 Å². The topological polar surface area (TPSA) is 69.6 Å². The molecule has 2 amide bonds. The van der Waals surface area contributed by atoms with Gasteiger partial charge in [0.05, 0.1) is 0 Å². The maximum absolute atomic E-state index is 11.8. The summed E-state index contributed by atoms with van der Waals surface area (Å²) in [6.07, 6.45) is 0.503. The van der Waals surface area contributed by atoms with Crippen LogP contribution in [0.15, 0.2) is 16.8 Å². The quantitative estimate of drug-likeness (QED) is 0.832. The minimum atomic E-state index is -0.845. The summed E-state index contributed by atoms with van der Waals surface area (Å²) in [6.45, 7) is 2.36. The molecule has 1 aromatic rings. The number of urea groups is 1. The van der Waals surface area contributed by atoms with Gasteiger partial charge in [-0.1, -0.05) is 0 Å². The number of aliphatic carboxylic acids is 1. The van der Waals surface area contributed by atoms with Crippen LogP contribution in [0.25, 0.3) is 0 Å². The van der Waals surface area contributed by atoms with E-state index < -0.39 is 5.97 Å². The van der Waals surface area contributed by atoms with Crippen LogP contribution in [0.3, 0.4) is 0 Å². The first-order valence-corrected chi connectivity index (χ1v) is 6.68. The number of nitrogens with zero attached hydrogens (tertiary/aromatic N) is 1. The molecular weight excluding hydrogens is 252 g/mol. The van der Waals surface area contributed by atoms with Gasteiger partial charge in [0.25, 0.3) is 0 Å². The summed E-state index contributed by atoms with van der Waals surface area (Å²) in [5.74, 6) is -0.845. The molecule has 0 aromatic carbocycles. The Morgan fingerprint density at radius 2 is 2.28 bits per heavy atom. The van der Waals surface area contributed by atoms with Crippen LogP contribution in [-0.2, 0) is 11.3 Å². The van der Waals surface area contributed by atoms with Gasteiger partial charge in [-0.3, -0.25) is 4.79 Å². The molecule has 18 heavy (non-hydrogen) atoms. The van der Waals surface area contributed by atoms with Crippen molar-refractivity contribution < 1.29 is 14.7 Å². The zero-order chi connectivity index (χ0) is 13.5. The largest absolute Gasteiger partial charge is 0.481 e. The standard InChI is InChI=1S/C12H18N2O3S/c1-9(3-4-11(15)16)13-12(17)14(2)7-10-5-6-18-8-10/h5-6,8-9H,3-4,7H2,1-2H3,(H,13,17)(H,15,16). The lowest BCUT2D eigenvalue weighted by Crippen LogP contribution is -2.41. The van der Waals surface area contributed by atoms with E-state index in [9.17, 15) is 9.59 Å². The predicted octanol–water partition coefficient (Wildman–Crippen LogP) is 2.14. The Bertz CT molecular complexity index is 392. The summed E-state index contributed by atoms with van der Waals surface area (Å²) < 4.78 is 0. The summed E-state index contributed by atoms with van der Waals surface area (Å²) in [7, 11) is 1.72. The monoisotopic (exact) mass is 270 g/mol. The van der Waals surface area contributed by atoms with E-state index in [-0.39, 0.29) is 18.5 Å². The highest BCUT2D eigenvalue weighted by Crippen LogP contribution is 2.08. The summed E-state index contributed by atoms with van der Waals surface area (Å²) in [4.78, 5) is 23.8. The summed E-state index contributed by atoms with van der Waals surface area (Å²) in [5.41, 5.74) is 1.09. The molecule has 0 fully saturated rings. The van der Waals surface area contributed by atoms with E-state index >= 15 is 0 Å². The Morgan fingerprint density at radius 1 is 1.56 bits per heavy atom. The van der Waals surface area contributed by atoms with Gasteiger partial charge in [-0.25, -0.2) is 4.79 Å². The number of hydrogen-bond donors (Lipinski definition) is 2. The highest BCUT2D eigenvalue weighted by molar-refractivity contribution is 7.07. The van der Waals surface area contributed by atoms with Crippen molar-refractivity contribution in [3.05, 3.63) is 22.4 Å². The molecular formula is C12H18N2O3S. The molecule has 0 spiro atoms. The molecule has 6 heteroatoms. The fourth-order valence-corrected chi connectivity index (χ4v) is 2.12. The van der Waals surface area contributed by atoms with Gasteiger partial charge in [0, 0.05) is 26.1 Å². The molecule has 1 heterocycles. The molecule has 2 N–H and O–H groups in total. The van der Waals surface area contributed by atoms with E-state index in [1.54, 1.807) is 30.2 Å². The van der Waals surface area contributed by atoms with Crippen molar-refractivity contribution in [3.8, 4) is 0 Å². The molecule has 1 aromatic heterocycles. The molecule has 0 radical (unpaired) electrons. The third-order valence-corrected chi connectivity index (χ3v) is 3.24. The first kappa shape index (κ1) is 14.5. The minimum Gasteiger partial charge on any atom is -0.481 e. The van der Waals surface area contributed by atoms with Crippen LogP contribution in [0.1, 0.15) is 25.3 Å². The third kappa shape index (κ3) is 5.18. The van der Waals surface area contributed by atoms with E-state index in [1.165, 1.54) is 0 Å². The van der Waals surface area contributed by atoms with Gasteiger partial charge in [-0.15, -0.1) is 0 Å². The van der Waals surface area contributed by atoms with E-state index in [2.05, 4.69) is 5.32 Å². The zero-order valence-corrected chi connectivity index (χ0v) is 11.4. The zero-order valence-electron chi connectivity index (χ0n) is 10.5. The fraction of sp³-hybridized carbons (Fsp3) is 0.500. The normalized spacial score (nSPS) is 11.9. The number of amides is 2. The third-order valence-electron chi connectivity index (χ3n) is 2.51. The smallest absolute Gasteiger partial charge is 0.317 e. The van der Waals surface area contributed by atoms with E-state index in [0.29, 0.717) is 13.0 Å². The molecule has 100 valence electrons. The number of carboxylic acids is 1. The highest BCUT2D eigenvalue weighted by Gasteiger charge is 2.13. The number of thiophene rings is 1. The molecule has 1 atom stereocenters. The number of carbonyl (C=O) groups is 2. The van der Waals surface area contributed by atoms with Gasteiger partial charge in [0.2, 0.25) is 0 Å². The lowest BCUT2D eigenvalue weighted by molar-refractivity contribution is -0.137. The van der Waals surface area contributed by atoms with Crippen LogP contribution in [-0.4, -0.2) is 35.1 Å². The number of carbonyl (C=O) groups excluding carboxylic acids is 1. The van der Waals surface area contributed by atoms with Crippen molar-refractivity contribution in [2.45, 2.75) is 32.4 Å². The molecule has 0 saturated heterocycles. The Hall–Kier alpha value is -1.56. The molecule has 0 bridgehead atoms. The molecule has 5 nitrogen and oxygen atoms in total. The van der Waals surface area contributed by atoms with Crippen molar-refractivity contribution in [3.63, 3.8) is 0 Å². The van der Waals surface area contributed by atoms with Crippen molar-refractivity contribution in [1.29, 1.82) is 0 Å². The number of carboxylic acid groups (broad SMARTS) is 1. The van der Waals surface area contributed by atoms with Crippen LogP contribution in [0.5, 0.6) is 0 Å². The minimum absolute atomic E-state index is 0.0652. The molecule has 0 aliphatic heterocycles. The molecule has 1 rings (SSSR count). The predicted molar refractivity (Wildman–Crippen MR) is 70.6 cm³/mol. The average Bonchev–Trinajstić information content (AvgIpc) is 2.79. The van der Waals surface area contributed by atoms with Crippen molar-refractivity contribution in [2.24, 2.45) is 0 Å². The van der Waals surface area contributed by atoms with Crippen molar-refractivity contribution in [1.82, 2.24) is 10.2 Å². The van der Waals surface area contributed by atoms with E-state index in [0.717, 1.165) is 5.56 Å². The Balaban J connectivity index is 2.33. The first-order chi connectivity index (χ1) is 8.49. The van der Waals surface area contributed by atoms with Gasteiger partial charge in [-0.2, -0.15) is 11.3 Å². The number of hydrogen-bond acceptors (Lipinski definition) is 3. The van der Waals surface area contributed by atoms with E-state index in [4.69, 9.17) is 5.11 Å². The summed E-state index contributed by atoms with van der Waals surface area (Å²) in [5, 5.41) is 15.3. The number of rotatable bonds is 6. The van der Waals surface area contributed by atoms with E-state index in [1.807, 2.05) is 16.8 Å². The molecule has 0 saturated carbocycles. The van der Waals surface area contributed by atoms with Crippen LogP contribution < -0.4 is 5.32 Å². The SMILES string of the molecule is CC(CCC(=O)O)NC(=O)N(C)Cc1ccsc1. The van der Waals surface area contributed by atoms with Crippen LogP contribution in [0.4, 0.5) is 4.79 Å². The first-order valence-electron chi connectivity index (χ1n) is 5.73. The number of nitrogens with one attached hydrogen (secondary N) is 1. The van der Waals surface area contributed by atoms with Crippen molar-refractivity contribution >= 4 is 23.3 Å². The Morgan fingerprint density at radius 3 is 2.83 bits per heavy atom. The maximum Gasteiger partial charge on any atom is 0.317 e. The van der Waals surface area contributed by atoms with Gasteiger partial charge in [-0.05, 0) is 35.7 Å². The van der Waals surface area contributed by atoms with Crippen LogP contribution in [0, 0.1) is 0 Å². The van der Waals surface area contributed by atoms with Gasteiger partial charge >= 0.3 is 12.0 Å². The second kappa shape index (κ2) is 7.00. The molecule has 0 aliphatic carbocycles. The second-order valence-electron chi connectivity index (χ2n) is 4.27. The lowest BCUT2D eigenvalue weighted by Gasteiger charge is -2.20. The maximum atomic E-state index is 11.8. The molecule has 0 aliphatic rings. The van der Waals surface area contributed by atoms with Crippen LogP contribution in [0.2, 0.25) is 0 Å². The molecule has 1 unspecified atom stereocenters. The second-order valence-corrected chi connectivity index (χ2v) is 5.05. The van der Waals surface area contributed by atoms with Gasteiger partial charge in [0.15, 0.2) is 0 Å². The summed E-state index contributed by atoms with van der Waals surface area (Å²) in [6, 6.07) is 1.65. The summed E-state index contributed by atoms with van der Waals surface area (Å²) >= 11 is 1.59. The van der Waals surface area contributed by atoms with Crippen LogP contribution >= 0.6 is 11.3 Å². The van der Waals surface area contributed by atoms with Gasteiger partial charge in [0.1, 0.15) is 0 Å². The lowest BCUT2D eigenvalue weighted by atomic mass is 10.2. The Labute approximate surface area is 110 Å². The average molecular weight is 270 g/mol. The highest BCUT2D eigenvalue weighted by atomic mass is 32.1. The Kier molecular flexibility index (Phi) is 5.64. The fourth-order valence-electron chi connectivity index (χ4n) is 1.46. The van der Waals surface area contributed by atoms with Crippen molar-refractivity contribution in [2.75, 3.05) is 7.05 Å².